The van der Waals surface area contributed by atoms with Gasteiger partial charge in [0.25, 0.3) is 0 Å². The summed E-state index contributed by atoms with van der Waals surface area (Å²) in [5.74, 6) is 0.0720. The number of rotatable bonds is 9. The highest BCUT2D eigenvalue weighted by atomic mass is 31.2. The third-order valence-corrected chi connectivity index (χ3v) is 7.57. The Labute approximate surface area is 138 Å². The van der Waals surface area contributed by atoms with Gasteiger partial charge in [-0.2, -0.15) is 0 Å². The summed E-state index contributed by atoms with van der Waals surface area (Å²) in [6.07, 6.45) is 1.41. The molecule has 1 amide bonds. The first kappa shape index (κ1) is 18.2. The van der Waals surface area contributed by atoms with Crippen LogP contribution in [0.3, 0.4) is 0 Å². The van der Waals surface area contributed by atoms with Gasteiger partial charge in [0, 0.05) is 0 Å². The van der Waals surface area contributed by atoms with Gasteiger partial charge < -0.3 is 13.9 Å². The van der Waals surface area contributed by atoms with Gasteiger partial charge in [-0.15, -0.1) is 0 Å². The second kappa shape index (κ2) is 7.16. The maximum absolute atomic E-state index is 13.4. The second-order valence-electron chi connectivity index (χ2n) is 5.92. The van der Waals surface area contributed by atoms with Crippen LogP contribution in [-0.4, -0.2) is 29.8 Å². The van der Waals surface area contributed by atoms with Crippen molar-refractivity contribution in [3.8, 4) is 0 Å². The largest absolute Gasteiger partial charge is 0.356 e. The van der Waals surface area contributed by atoms with E-state index in [1.807, 2.05) is 44.2 Å². The van der Waals surface area contributed by atoms with Gasteiger partial charge in [-0.1, -0.05) is 37.3 Å². The molecule has 6 heteroatoms. The lowest BCUT2D eigenvalue weighted by molar-refractivity contribution is -0.122. The molecule has 23 heavy (non-hydrogen) atoms. The van der Waals surface area contributed by atoms with Crippen molar-refractivity contribution in [2.45, 2.75) is 45.4 Å². The summed E-state index contributed by atoms with van der Waals surface area (Å²) in [7, 11) is -3.42. The second-order valence-corrected chi connectivity index (χ2v) is 8.20. The first-order chi connectivity index (χ1) is 11.0. The third-order valence-electron chi connectivity index (χ3n) is 4.57. The normalized spacial score (nSPS) is 25.0. The zero-order valence-electron chi connectivity index (χ0n) is 14.3. The topological polar surface area (TPSA) is 55.8 Å². The minimum Gasteiger partial charge on any atom is -0.321 e. The molecule has 0 bridgehead atoms. The molecule has 0 radical (unpaired) electrons. The van der Waals surface area contributed by atoms with Crippen molar-refractivity contribution >= 4 is 14.0 Å². The molecule has 1 aromatic rings. The number of hydrogen-bond acceptors (Lipinski definition) is 4. The molecule has 1 aromatic carbocycles. The van der Waals surface area contributed by atoms with E-state index in [1.54, 1.807) is 18.7 Å². The minimum absolute atomic E-state index is 0.0720. The van der Waals surface area contributed by atoms with E-state index in [1.165, 1.54) is 0 Å². The Hall–Kier alpha value is -1.16. The van der Waals surface area contributed by atoms with E-state index in [9.17, 15) is 9.36 Å². The first-order valence-electron chi connectivity index (χ1n) is 8.14. The van der Waals surface area contributed by atoms with Crippen molar-refractivity contribution in [1.82, 2.24) is 4.90 Å². The van der Waals surface area contributed by atoms with Crippen molar-refractivity contribution in [3.63, 3.8) is 0 Å². The van der Waals surface area contributed by atoms with Crippen LogP contribution in [0.25, 0.3) is 0 Å². The fraction of sp³-hybridized carbons (Fsp3) is 0.588. The van der Waals surface area contributed by atoms with Gasteiger partial charge in [0.05, 0.1) is 19.3 Å². The Bertz CT molecular complexity index is 569. The van der Waals surface area contributed by atoms with Crippen LogP contribution in [0.1, 0.15) is 45.7 Å². The zero-order valence-corrected chi connectivity index (χ0v) is 15.2. The van der Waals surface area contributed by atoms with Gasteiger partial charge >= 0.3 is 7.60 Å². The van der Waals surface area contributed by atoms with Gasteiger partial charge in [0.2, 0.25) is 6.41 Å². The SMILES string of the molecule is CCOP(=O)(OCC)[C@@]1(N(C=O)[C@@H](C)c2ccccc2)C[C@@H]1C. The van der Waals surface area contributed by atoms with Gasteiger partial charge in [-0.25, -0.2) is 0 Å². The molecule has 0 N–H and O–H groups in total. The summed E-state index contributed by atoms with van der Waals surface area (Å²) in [5, 5.41) is -0.865. The molecule has 1 saturated carbocycles. The summed E-state index contributed by atoms with van der Waals surface area (Å²) >= 11 is 0. The molecule has 1 aliphatic rings. The molecule has 0 aliphatic heterocycles. The van der Waals surface area contributed by atoms with Crippen molar-refractivity contribution < 1.29 is 18.4 Å². The highest BCUT2D eigenvalue weighted by Gasteiger charge is 2.70. The van der Waals surface area contributed by atoms with Crippen LogP contribution in [0, 0.1) is 5.92 Å². The lowest BCUT2D eigenvalue weighted by atomic mass is 10.1. The van der Waals surface area contributed by atoms with Crippen molar-refractivity contribution in [2.75, 3.05) is 13.2 Å². The van der Waals surface area contributed by atoms with Crippen molar-refractivity contribution in [1.29, 1.82) is 0 Å². The number of hydrogen-bond donors (Lipinski definition) is 0. The fourth-order valence-corrected chi connectivity index (χ4v) is 6.03. The van der Waals surface area contributed by atoms with Crippen LogP contribution in [-0.2, 0) is 18.4 Å². The van der Waals surface area contributed by atoms with Gasteiger partial charge in [-0.3, -0.25) is 9.36 Å². The maximum atomic E-state index is 13.4. The first-order valence-corrected chi connectivity index (χ1v) is 9.69. The molecule has 2 rings (SSSR count). The maximum Gasteiger partial charge on any atom is 0.356 e. The van der Waals surface area contributed by atoms with Crippen LogP contribution in [0.15, 0.2) is 30.3 Å². The van der Waals surface area contributed by atoms with E-state index in [-0.39, 0.29) is 25.2 Å². The molecule has 1 aliphatic carbocycles. The summed E-state index contributed by atoms with van der Waals surface area (Å²) in [5.41, 5.74) is 0.998. The van der Waals surface area contributed by atoms with Crippen LogP contribution < -0.4 is 0 Å². The number of carbonyl (C=O) groups is 1. The Morgan fingerprint density at radius 3 is 2.22 bits per heavy atom. The van der Waals surface area contributed by atoms with E-state index < -0.39 is 12.9 Å². The van der Waals surface area contributed by atoms with E-state index in [0.717, 1.165) is 12.0 Å². The molecular formula is C17H26NO4P. The van der Waals surface area contributed by atoms with E-state index in [0.29, 0.717) is 6.42 Å². The number of nitrogens with zero attached hydrogens (tertiary/aromatic N) is 1. The number of benzene rings is 1. The molecule has 128 valence electrons. The third kappa shape index (κ3) is 3.10. The molecule has 0 heterocycles. The molecule has 3 atom stereocenters. The lowest BCUT2D eigenvalue weighted by Crippen LogP contribution is -2.40. The predicted molar refractivity (Wildman–Crippen MR) is 90.1 cm³/mol. The summed E-state index contributed by atoms with van der Waals surface area (Å²) < 4.78 is 24.5. The molecule has 5 nitrogen and oxygen atoms in total. The zero-order chi connectivity index (χ0) is 17.1. The highest BCUT2D eigenvalue weighted by Crippen LogP contribution is 2.75. The molecule has 0 aromatic heterocycles. The van der Waals surface area contributed by atoms with E-state index in [4.69, 9.17) is 9.05 Å². The summed E-state index contributed by atoms with van der Waals surface area (Å²) in [6, 6.07) is 9.53. The van der Waals surface area contributed by atoms with Gasteiger partial charge in [-0.05, 0) is 38.7 Å². The number of amides is 1. The van der Waals surface area contributed by atoms with Crippen molar-refractivity contribution in [2.24, 2.45) is 5.92 Å². The van der Waals surface area contributed by atoms with Gasteiger partial charge in [0.15, 0.2) is 0 Å². The van der Waals surface area contributed by atoms with Crippen LogP contribution >= 0.6 is 7.60 Å². The lowest BCUT2D eigenvalue weighted by Gasteiger charge is -2.38. The Morgan fingerprint density at radius 2 is 1.83 bits per heavy atom. The molecule has 1 fully saturated rings. The van der Waals surface area contributed by atoms with E-state index >= 15 is 0 Å². The monoisotopic (exact) mass is 339 g/mol. The summed E-state index contributed by atoms with van der Waals surface area (Å²) in [6.45, 7) is 8.09. The highest BCUT2D eigenvalue weighted by molar-refractivity contribution is 7.56. The average Bonchev–Trinajstić information content (AvgIpc) is 3.22. The summed E-state index contributed by atoms with van der Waals surface area (Å²) in [4.78, 5) is 13.5. The Morgan fingerprint density at radius 1 is 1.30 bits per heavy atom. The quantitative estimate of drug-likeness (QED) is 0.499. The van der Waals surface area contributed by atoms with E-state index in [2.05, 4.69) is 0 Å². The standard InChI is InChI=1S/C17H26NO4P/c1-5-21-23(20,22-6-2)17(12-14(17)3)18(13-19)15(4)16-10-8-7-9-11-16/h7-11,13-15H,5-6,12H2,1-4H3/t14-,15-,17-/m0/s1. The van der Waals surface area contributed by atoms with Crippen molar-refractivity contribution in [3.05, 3.63) is 35.9 Å². The molecule has 0 unspecified atom stereocenters. The van der Waals surface area contributed by atoms with Crippen LogP contribution in [0.2, 0.25) is 0 Å². The fourth-order valence-electron chi connectivity index (χ4n) is 3.29. The Balaban J connectivity index is 2.40. The molecule has 0 spiro atoms. The molecule has 0 saturated heterocycles. The smallest absolute Gasteiger partial charge is 0.321 e. The molecular weight excluding hydrogens is 313 g/mol. The van der Waals surface area contributed by atoms with Crippen LogP contribution in [0.4, 0.5) is 0 Å². The predicted octanol–water partition coefficient (Wildman–Crippen LogP) is 4.21. The minimum atomic E-state index is -3.42. The van der Waals surface area contributed by atoms with Gasteiger partial charge in [0.1, 0.15) is 5.28 Å². The Kier molecular flexibility index (Phi) is 5.66. The van der Waals surface area contributed by atoms with Crippen LogP contribution in [0.5, 0.6) is 0 Å². The number of carbonyl (C=O) groups excluding carboxylic acids is 1. The average molecular weight is 339 g/mol.